The monoisotopic (exact) mass is 488 g/mol. The Kier molecular flexibility index (Phi) is 8.01. The van der Waals surface area contributed by atoms with Crippen molar-refractivity contribution < 1.29 is 14.2 Å². The van der Waals surface area contributed by atoms with E-state index in [1.54, 1.807) is 0 Å². The summed E-state index contributed by atoms with van der Waals surface area (Å²) in [5.41, 5.74) is -0.393. The molecule has 1 atom stereocenters. The van der Waals surface area contributed by atoms with Gasteiger partial charge in [0.1, 0.15) is 14.3 Å². The number of benzene rings is 4. The van der Waals surface area contributed by atoms with Crippen LogP contribution in [0.25, 0.3) is 0 Å². The standard InChI is InChI=1S/C29H30O3P2/c30-23-13-22-29(34(32,27-18-9-3-10-19-27)28-20-11-4-12-21-28)24-33(31,25-14-5-1-6-15-25)26-16-7-2-8-17-26/h1-12,14-21,29-30H,13,22-24H2. The molecule has 5 heteroatoms. The summed E-state index contributed by atoms with van der Waals surface area (Å²) in [5.74, 6) is 0. The fourth-order valence-electron chi connectivity index (χ4n) is 4.58. The van der Waals surface area contributed by atoms with E-state index in [4.69, 9.17) is 0 Å². The maximum absolute atomic E-state index is 15.2. The summed E-state index contributed by atoms with van der Waals surface area (Å²) < 4.78 is 30.1. The number of aliphatic hydroxyl groups is 1. The average Bonchev–Trinajstić information content (AvgIpc) is 2.92. The molecule has 1 N–H and O–H groups in total. The third-order valence-electron chi connectivity index (χ3n) is 6.30. The van der Waals surface area contributed by atoms with E-state index in [1.807, 2.05) is 121 Å². The summed E-state index contributed by atoms with van der Waals surface area (Å²) in [6.45, 7) is 0.00105. The molecule has 0 bridgehead atoms. The highest BCUT2D eigenvalue weighted by molar-refractivity contribution is 7.82. The lowest BCUT2D eigenvalue weighted by atomic mass is 10.2. The molecule has 0 heterocycles. The Hall–Kier alpha value is -2.70. The molecular formula is C29H30O3P2. The molecule has 0 aliphatic carbocycles. The van der Waals surface area contributed by atoms with Gasteiger partial charge in [-0.15, -0.1) is 0 Å². The van der Waals surface area contributed by atoms with Gasteiger partial charge in [0.25, 0.3) is 0 Å². The van der Waals surface area contributed by atoms with E-state index < -0.39 is 19.9 Å². The van der Waals surface area contributed by atoms with Crippen molar-refractivity contribution in [3.05, 3.63) is 121 Å². The first-order valence-corrected chi connectivity index (χ1v) is 15.3. The summed E-state index contributed by atoms with van der Waals surface area (Å²) >= 11 is 0. The van der Waals surface area contributed by atoms with Crippen molar-refractivity contribution >= 4 is 35.5 Å². The third kappa shape index (κ3) is 5.03. The largest absolute Gasteiger partial charge is 0.396 e. The van der Waals surface area contributed by atoms with Crippen LogP contribution in [0.5, 0.6) is 0 Å². The Morgan fingerprint density at radius 1 is 0.559 bits per heavy atom. The summed E-state index contributed by atoms with van der Waals surface area (Å²) in [6.07, 6.45) is 1.28. The van der Waals surface area contributed by atoms with Crippen LogP contribution in [-0.2, 0) is 9.13 Å². The molecular weight excluding hydrogens is 458 g/mol. The van der Waals surface area contributed by atoms with Crippen LogP contribution in [0.2, 0.25) is 0 Å². The summed E-state index contributed by atoms with van der Waals surface area (Å²) in [6, 6.07) is 38.2. The highest BCUT2D eigenvalue weighted by Crippen LogP contribution is 2.57. The van der Waals surface area contributed by atoms with Crippen LogP contribution < -0.4 is 21.2 Å². The van der Waals surface area contributed by atoms with Gasteiger partial charge < -0.3 is 14.2 Å². The topological polar surface area (TPSA) is 54.4 Å². The molecule has 0 spiro atoms. The molecule has 174 valence electrons. The lowest BCUT2D eigenvalue weighted by Crippen LogP contribution is -2.32. The first-order valence-electron chi connectivity index (χ1n) is 11.6. The van der Waals surface area contributed by atoms with Crippen LogP contribution in [0.15, 0.2) is 121 Å². The van der Waals surface area contributed by atoms with Crippen molar-refractivity contribution in [2.24, 2.45) is 0 Å². The summed E-state index contributed by atoms with van der Waals surface area (Å²) in [4.78, 5) is 0. The molecule has 4 aromatic rings. The second-order valence-electron chi connectivity index (χ2n) is 8.44. The maximum Gasteiger partial charge on any atom is 0.146 e. The number of hydrogen-bond donors (Lipinski definition) is 1. The fraction of sp³-hybridized carbons (Fsp3) is 0.172. The van der Waals surface area contributed by atoms with Gasteiger partial charge in [-0.3, -0.25) is 0 Å². The van der Waals surface area contributed by atoms with Gasteiger partial charge in [-0.2, -0.15) is 0 Å². The van der Waals surface area contributed by atoms with Gasteiger partial charge in [-0.1, -0.05) is 121 Å². The van der Waals surface area contributed by atoms with Crippen molar-refractivity contribution in [2.45, 2.75) is 18.5 Å². The van der Waals surface area contributed by atoms with E-state index in [0.29, 0.717) is 12.8 Å². The number of hydrogen-bond acceptors (Lipinski definition) is 3. The van der Waals surface area contributed by atoms with Gasteiger partial charge in [0.05, 0.1) is 0 Å². The molecule has 0 fully saturated rings. The summed E-state index contributed by atoms with van der Waals surface area (Å²) in [7, 11) is -6.30. The molecule has 0 aromatic heterocycles. The SMILES string of the molecule is O=P(CC(CCCO)P(=O)(c1ccccc1)c1ccccc1)(c1ccccc1)c1ccccc1. The van der Waals surface area contributed by atoms with Crippen molar-refractivity contribution in [3.63, 3.8) is 0 Å². The predicted octanol–water partition coefficient (Wildman–Crippen LogP) is 5.16. The van der Waals surface area contributed by atoms with Crippen LogP contribution in [0, 0.1) is 0 Å². The number of rotatable bonds is 10. The maximum atomic E-state index is 15.2. The second kappa shape index (κ2) is 11.2. The van der Waals surface area contributed by atoms with Gasteiger partial charge in [-0.05, 0) is 12.8 Å². The van der Waals surface area contributed by atoms with Gasteiger partial charge in [0, 0.05) is 39.6 Å². The molecule has 1 unspecified atom stereocenters. The Morgan fingerprint density at radius 2 is 0.912 bits per heavy atom. The predicted molar refractivity (Wildman–Crippen MR) is 144 cm³/mol. The molecule has 0 aliphatic heterocycles. The van der Waals surface area contributed by atoms with Crippen molar-refractivity contribution in [2.75, 3.05) is 12.8 Å². The molecule has 4 aromatic carbocycles. The number of aliphatic hydroxyl groups excluding tert-OH is 1. The van der Waals surface area contributed by atoms with Crippen LogP contribution in [-0.4, -0.2) is 23.5 Å². The van der Waals surface area contributed by atoms with E-state index in [2.05, 4.69) is 0 Å². The Bertz CT molecular complexity index is 1170. The van der Waals surface area contributed by atoms with Gasteiger partial charge in [0.2, 0.25) is 0 Å². The van der Waals surface area contributed by atoms with Crippen LogP contribution in [0.4, 0.5) is 0 Å². The van der Waals surface area contributed by atoms with Gasteiger partial charge >= 0.3 is 0 Å². The fourth-order valence-corrected chi connectivity index (χ4v) is 11.9. The van der Waals surface area contributed by atoms with Crippen LogP contribution in [0.1, 0.15) is 12.8 Å². The van der Waals surface area contributed by atoms with Crippen molar-refractivity contribution in [3.8, 4) is 0 Å². The molecule has 0 saturated carbocycles. The minimum Gasteiger partial charge on any atom is -0.396 e. The van der Waals surface area contributed by atoms with Crippen molar-refractivity contribution in [1.82, 2.24) is 0 Å². The van der Waals surface area contributed by atoms with Crippen molar-refractivity contribution in [1.29, 1.82) is 0 Å². The molecule has 0 saturated heterocycles. The normalized spacial score (nSPS) is 12.9. The highest BCUT2D eigenvalue weighted by atomic mass is 31.2. The third-order valence-corrected chi connectivity index (χ3v) is 13.4. The Morgan fingerprint density at radius 3 is 1.26 bits per heavy atom. The van der Waals surface area contributed by atoms with E-state index in [-0.39, 0.29) is 12.8 Å². The van der Waals surface area contributed by atoms with E-state index in [9.17, 15) is 9.67 Å². The smallest absolute Gasteiger partial charge is 0.146 e. The average molecular weight is 489 g/mol. The zero-order chi connectivity index (χ0) is 23.9. The minimum absolute atomic E-state index is 0.00105. The Balaban J connectivity index is 1.90. The molecule has 4 rings (SSSR count). The Labute approximate surface area is 202 Å². The second-order valence-corrected chi connectivity index (χ2v) is 14.4. The zero-order valence-electron chi connectivity index (χ0n) is 19.1. The minimum atomic E-state index is -3.18. The highest BCUT2D eigenvalue weighted by Gasteiger charge is 2.41. The van der Waals surface area contributed by atoms with Crippen LogP contribution in [0.3, 0.4) is 0 Å². The molecule has 0 aliphatic rings. The van der Waals surface area contributed by atoms with Crippen LogP contribution >= 0.6 is 14.3 Å². The molecule has 0 radical (unpaired) electrons. The van der Waals surface area contributed by atoms with Gasteiger partial charge in [-0.25, -0.2) is 0 Å². The van der Waals surface area contributed by atoms with E-state index >= 15 is 4.57 Å². The zero-order valence-corrected chi connectivity index (χ0v) is 20.9. The summed E-state index contributed by atoms with van der Waals surface area (Å²) in [5, 5.41) is 12.8. The molecule has 34 heavy (non-hydrogen) atoms. The van der Waals surface area contributed by atoms with E-state index in [0.717, 1.165) is 21.2 Å². The molecule has 3 nitrogen and oxygen atoms in total. The van der Waals surface area contributed by atoms with E-state index in [1.165, 1.54) is 0 Å². The lowest BCUT2D eigenvalue weighted by molar-refractivity contribution is 0.284. The first kappa shape index (κ1) is 24.4. The molecule has 0 amide bonds. The quantitative estimate of drug-likeness (QED) is 0.314. The lowest BCUT2D eigenvalue weighted by Gasteiger charge is -2.32. The van der Waals surface area contributed by atoms with Gasteiger partial charge in [0.15, 0.2) is 0 Å². The first-order chi connectivity index (χ1) is 16.6.